The third-order valence-corrected chi connectivity index (χ3v) is 2.81. The Bertz CT molecular complexity index is 298. The van der Waals surface area contributed by atoms with Gasteiger partial charge in [-0.25, -0.2) is 0 Å². The van der Waals surface area contributed by atoms with E-state index < -0.39 is 0 Å². The van der Waals surface area contributed by atoms with Crippen LogP contribution >= 0.6 is 0 Å². The molecular formula is C15H25NO2. The van der Waals surface area contributed by atoms with Crippen molar-refractivity contribution in [1.82, 2.24) is 5.32 Å². The molecule has 0 atom stereocenters. The van der Waals surface area contributed by atoms with Crippen molar-refractivity contribution < 1.29 is 9.47 Å². The summed E-state index contributed by atoms with van der Waals surface area (Å²) in [6, 6.07) is 8.23. The topological polar surface area (TPSA) is 30.5 Å². The van der Waals surface area contributed by atoms with Crippen molar-refractivity contribution in [3.63, 3.8) is 0 Å². The lowest BCUT2D eigenvalue weighted by Crippen LogP contribution is -2.22. The number of nitrogens with one attached hydrogen (secondary N) is 1. The summed E-state index contributed by atoms with van der Waals surface area (Å²) in [6.07, 6.45) is 3.40. The SMILES string of the molecule is CCCCOCCNCCc1ccc(OC)cc1. The highest BCUT2D eigenvalue weighted by molar-refractivity contribution is 5.27. The predicted molar refractivity (Wildman–Crippen MR) is 75.3 cm³/mol. The van der Waals surface area contributed by atoms with Crippen LogP contribution in [0.3, 0.4) is 0 Å². The molecule has 0 heterocycles. The van der Waals surface area contributed by atoms with Crippen LogP contribution in [0.5, 0.6) is 5.75 Å². The minimum absolute atomic E-state index is 0.808. The first-order valence-electron chi connectivity index (χ1n) is 6.78. The summed E-state index contributed by atoms with van der Waals surface area (Å²) in [7, 11) is 1.69. The molecule has 0 amide bonds. The first-order chi connectivity index (χ1) is 8.86. The quantitative estimate of drug-likeness (QED) is 0.648. The van der Waals surface area contributed by atoms with Crippen molar-refractivity contribution >= 4 is 0 Å². The summed E-state index contributed by atoms with van der Waals surface area (Å²) in [6.45, 7) is 5.79. The van der Waals surface area contributed by atoms with E-state index in [1.807, 2.05) is 12.1 Å². The summed E-state index contributed by atoms with van der Waals surface area (Å²) in [5.74, 6) is 0.913. The third kappa shape index (κ3) is 6.62. The largest absolute Gasteiger partial charge is 0.497 e. The molecule has 1 N–H and O–H groups in total. The van der Waals surface area contributed by atoms with Crippen molar-refractivity contribution in [3.05, 3.63) is 29.8 Å². The highest BCUT2D eigenvalue weighted by atomic mass is 16.5. The van der Waals surface area contributed by atoms with Gasteiger partial charge in [-0.3, -0.25) is 0 Å². The van der Waals surface area contributed by atoms with E-state index in [0.717, 1.165) is 44.9 Å². The van der Waals surface area contributed by atoms with Crippen LogP contribution in [0.15, 0.2) is 24.3 Å². The first-order valence-corrected chi connectivity index (χ1v) is 6.78. The first kappa shape index (κ1) is 15.0. The van der Waals surface area contributed by atoms with Crippen LogP contribution in [-0.2, 0) is 11.2 Å². The van der Waals surface area contributed by atoms with Gasteiger partial charge in [0, 0.05) is 13.2 Å². The zero-order valence-corrected chi connectivity index (χ0v) is 11.6. The monoisotopic (exact) mass is 251 g/mol. The minimum atomic E-state index is 0.808. The molecule has 0 saturated heterocycles. The maximum absolute atomic E-state index is 5.48. The highest BCUT2D eigenvalue weighted by Crippen LogP contribution is 2.11. The smallest absolute Gasteiger partial charge is 0.118 e. The van der Waals surface area contributed by atoms with Crippen molar-refractivity contribution in [2.75, 3.05) is 33.4 Å². The Balaban J connectivity index is 2.00. The molecule has 1 aromatic carbocycles. The molecule has 3 heteroatoms. The molecule has 3 nitrogen and oxygen atoms in total. The Kier molecular flexibility index (Phi) is 8.26. The van der Waals surface area contributed by atoms with Crippen LogP contribution in [0, 0.1) is 0 Å². The van der Waals surface area contributed by atoms with E-state index in [-0.39, 0.29) is 0 Å². The number of rotatable bonds is 10. The molecule has 0 aliphatic rings. The van der Waals surface area contributed by atoms with Crippen LogP contribution < -0.4 is 10.1 Å². The van der Waals surface area contributed by atoms with E-state index in [1.54, 1.807) is 7.11 Å². The fourth-order valence-corrected chi connectivity index (χ4v) is 1.64. The molecule has 0 spiro atoms. The summed E-state index contributed by atoms with van der Waals surface area (Å²) in [5.41, 5.74) is 1.33. The number of methoxy groups -OCH3 is 1. The Morgan fingerprint density at radius 1 is 1.06 bits per heavy atom. The standard InChI is InChI=1S/C15H25NO2/c1-3-4-12-18-13-11-16-10-9-14-5-7-15(17-2)8-6-14/h5-8,16H,3-4,9-13H2,1-2H3. The highest BCUT2D eigenvalue weighted by Gasteiger charge is 1.94. The predicted octanol–water partition coefficient (Wildman–Crippen LogP) is 2.64. The van der Waals surface area contributed by atoms with Gasteiger partial charge in [0.1, 0.15) is 5.75 Å². The molecule has 1 rings (SSSR count). The lowest BCUT2D eigenvalue weighted by Gasteiger charge is -2.06. The third-order valence-electron chi connectivity index (χ3n) is 2.81. The van der Waals surface area contributed by atoms with Gasteiger partial charge in [0.25, 0.3) is 0 Å². The Hall–Kier alpha value is -1.06. The van der Waals surface area contributed by atoms with Crippen LogP contribution in [0.25, 0.3) is 0 Å². The van der Waals surface area contributed by atoms with E-state index in [9.17, 15) is 0 Å². The molecule has 0 saturated carbocycles. The van der Waals surface area contributed by atoms with Crippen LogP contribution in [0.4, 0.5) is 0 Å². The van der Waals surface area contributed by atoms with Gasteiger partial charge in [-0.15, -0.1) is 0 Å². The molecule has 0 aliphatic heterocycles. The summed E-state index contributed by atoms with van der Waals surface area (Å²) in [5, 5.41) is 3.38. The molecule has 0 fully saturated rings. The van der Waals surface area contributed by atoms with Gasteiger partial charge in [-0.1, -0.05) is 25.5 Å². The average molecular weight is 251 g/mol. The van der Waals surface area contributed by atoms with Gasteiger partial charge in [-0.2, -0.15) is 0 Å². The summed E-state index contributed by atoms with van der Waals surface area (Å²) < 4.78 is 10.6. The second-order valence-corrected chi connectivity index (χ2v) is 4.31. The lowest BCUT2D eigenvalue weighted by atomic mass is 10.1. The Morgan fingerprint density at radius 3 is 2.50 bits per heavy atom. The van der Waals surface area contributed by atoms with E-state index >= 15 is 0 Å². The molecule has 0 unspecified atom stereocenters. The number of ether oxygens (including phenoxy) is 2. The number of unbranched alkanes of at least 4 members (excludes halogenated alkanes) is 1. The minimum Gasteiger partial charge on any atom is -0.497 e. The van der Waals surface area contributed by atoms with Gasteiger partial charge in [0.2, 0.25) is 0 Å². The van der Waals surface area contributed by atoms with Gasteiger partial charge in [0.15, 0.2) is 0 Å². The average Bonchev–Trinajstić information content (AvgIpc) is 2.42. The van der Waals surface area contributed by atoms with E-state index in [0.29, 0.717) is 0 Å². The molecule has 0 bridgehead atoms. The Labute approximate surface area is 110 Å². The second-order valence-electron chi connectivity index (χ2n) is 4.31. The molecular weight excluding hydrogens is 226 g/mol. The number of hydrogen-bond acceptors (Lipinski definition) is 3. The maximum Gasteiger partial charge on any atom is 0.118 e. The van der Waals surface area contributed by atoms with Gasteiger partial charge in [-0.05, 0) is 37.1 Å². The zero-order valence-electron chi connectivity index (χ0n) is 11.6. The van der Waals surface area contributed by atoms with Crippen LogP contribution in [-0.4, -0.2) is 33.4 Å². The van der Waals surface area contributed by atoms with E-state index in [1.165, 1.54) is 12.0 Å². The van der Waals surface area contributed by atoms with Gasteiger partial charge < -0.3 is 14.8 Å². The molecule has 102 valence electrons. The lowest BCUT2D eigenvalue weighted by molar-refractivity contribution is 0.133. The van der Waals surface area contributed by atoms with Gasteiger partial charge in [0.05, 0.1) is 13.7 Å². The second kappa shape index (κ2) is 9.92. The van der Waals surface area contributed by atoms with Crippen molar-refractivity contribution in [1.29, 1.82) is 0 Å². The van der Waals surface area contributed by atoms with Crippen molar-refractivity contribution in [2.24, 2.45) is 0 Å². The molecule has 18 heavy (non-hydrogen) atoms. The Morgan fingerprint density at radius 2 is 1.83 bits per heavy atom. The molecule has 0 aliphatic carbocycles. The summed E-state index contributed by atoms with van der Waals surface area (Å²) >= 11 is 0. The van der Waals surface area contributed by atoms with Gasteiger partial charge >= 0.3 is 0 Å². The number of benzene rings is 1. The zero-order chi connectivity index (χ0) is 13.1. The molecule has 1 aromatic rings. The van der Waals surface area contributed by atoms with E-state index in [2.05, 4.69) is 24.4 Å². The van der Waals surface area contributed by atoms with E-state index in [4.69, 9.17) is 9.47 Å². The number of hydrogen-bond donors (Lipinski definition) is 1. The summed E-state index contributed by atoms with van der Waals surface area (Å²) in [4.78, 5) is 0. The fourth-order valence-electron chi connectivity index (χ4n) is 1.64. The molecule has 0 radical (unpaired) electrons. The fraction of sp³-hybridized carbons (Fsp3) is 0.600. The normalized spacial score (nSPS) is 10.6. The van der Waals surface area contributed by atoms with Crippen molar-refractivity contribution in [3.8, 4) is 5.75 Å². The van der Waals surface area contributed by atoms with Crippen LogP contribution in [0.2, 0.25) is 0 Å². The maximum atomic E-state index is 5.48. The van der Waals surface area contributed by atoms with Crippen molar-refractivity contribution in [2.45, 2.75) is 26.2 Å². The van der Waals surface area contributed by atoms with Crippen LogP contribution in [0.1, 0.15) is 25.3 Å². The molecule has 0 aromatic heterocycles.